The predicted octanol–water partition coefficient (Wildman–Crippen LogP) is 4.04. The van der Waals surface area contributed by atoms with E-state index in [1.54, 1.807) is 24.3 Å². The second kappa shape index (κ2) is 15.0. The molecule has 0 radical (unpaired) electrons. The van der Waals surface area contributed by atoms with Crippen LogP contribution in [0.1, 0.15) is 70.5 Å². The molecule has 2 aromatic carbocycles. The van der Waals surface area contributed by atoms with Crippen LogP contribution in [0.2, 0.25) is 0 Å². The molecule has 0 aromatic heterocycles. The first-order chi connectivity index (χ1) is 20.9. The van der Waals surface area contributed by atoms with Gasteiger partial charge in [-0.3, -0.25) is 19.4 Å². The fraction of sp³-hybridized carbons (Fsp3) is 0.588. The number of hydrogen-bond acceptors (Lipinski definition) is 8. The summed E-state index contributed by atoms with van der Waals surface area (Å²) in [7, 11) is -3.29. The summed E-state index contributed by atoms with van der Waals surface area (Å²) < 4.78 is 29.6. The van der Waals surface area contributed by atoms with Gasteiger partial charge in [-0.1, -0.05) is 42.5 Å². The molecule has 2 aliphatic rings. The zero-order chi connectivity index (χ0) is 31.9. The van der Waals surface area contributed by atoms with E-state index in [2.05, 4.69) is 39.4 Å². The van der Waals surface area contributed by atoms with Crippen LogP contribution in [0.5, 0.6) is 0 Å². The van der Waals surface area contributed by atoms with Crippen LogP contribution in [-0.4, -0.2) is 98.3 Å². The van der Waals surface area contributed by atoms with E-state index >= 15 is 0 Å². The first kappa shape index (κ1) is 34.1. The highest BCUT2D eigenvalue weighted by atomic mass is 32.2. The summed E-state index contributed by atoms with van der Waals surface area (Å²) in [6.45, 7) is 12.1. The number of carbonyl (C=O) groups is 2. The fourth-order valence-corrected chi connectivity index (χ4v) is 7.07. The van der Waals surface area contributed by atoms with Gasteiger partial charge in [0.1, 0.15) is 11.6 Å². The highest BCUT2D eigenvalue weighted by Crippen LogP contribution is 2.31. The molecule has 242 valence electrons. The van der Waals surface area contributed by atoms with Crippen LogP contribution in [0.25, 0.3) is 0 Å². The average molecular weight is 627 g/mol. The number of likely N-dealkylation sites (tertiary alicyclic amines) is 1. The molecule has 3 atom stereocenters. The monoisotopic (exact) mass is 626 g/mol. The first-order valence-corrected chi connectivity index (χ1v) is 17.8. The molecular formula is C34H50N4O5S. The maximum absolute atomic E-state index is 13.6. The van der Waals surface area contributed by atoms with E-state index in [9.17, 15) is 18.0 Å². The maximum Gasteiger partial charge on any atom is 0.325 e. The van der Waals surface area contributed by atoms with Crippen molar-refractivity contribution in [3.8, 4) is 0 Å². The Bertz CT molecular complexity index is 1340. The Hall–Kier alpha value is -2.79. The minimum absolute atomic E-state index is 0.00218. The van der Waals surface area contributed by atoms with Crippen LogP contribution in [0.3, 0.4) is 0 Å². The van der Waals surface area contributed by atoms with E-state index in [0.717, 1.165) is 57.4 Å². The number of hydrogen-bond donors (Lipinski definition) is 1. The van der Waals surface area contributed by atoms with Crippen molar-refractivity contribution in [2.24, 2.45) is 0 Å². The standard InChI is InChI=1S/C34H50N4O5S/c1-6-37(32(39)24-26-15-17-28(18-16-26)44(5,41)42)31-14-10-11-21-36(31)22-19-29(27-12-8-7-9-13-27)38-23-20-35-25-30(38)33(40)43-34(2,3)4/h7-9,12-13,15-18,29-31,35H,6,10-11,14,19-25H2,1-5H3. The molecule has 0 saturated carbocycles. The largest absolute Gasteiger partial charge is 0.459 e. The molecule has 3 unspecified atom stereocenters. The van der Waals surface area contributed by atoms with Crippen molar-refractivity contribution in [3.05, 3.63) is 65.7 Å². The Morgan fingerprint density at radius 3 is 2.39 bits per heavy atom. The molecule has 10 heteroatoms. The van der Waals surface area contributed by atoms with Crippen molar-refractivity contribution in [2.45, 2.75) is 88.5 Å². The van der Waals surface area contributed by atoms with Gasteiger partial charge in [-0.2, -0.15) is 0 Å². The third-order valence-electron chi connectivity index (χ3n) is 8.54. The van der Waals surface area contributed by atoms with Crippen molar-refractivity contribution in [2.75, 3.05) is 45.5 Å². The number of nitrogens with one attached hydrogen (secondary N) is 1. The Morgan fingerprint density at radius 1 is 1.05 bits per heavy atom. The minimum Gasteiger partial charge on any atom is -0.459 e. The number of piperidine rings is 1. The number of ether oxygens (including phenoxy) is 1. The van der Waals surface area contributed by atoms with E-state index in [0.29, 0.717) is 13.1 Å². The number of benzene rings is 2. The lowest BCUT2D eigenvalue weighted by Crippen LogP contribution is -2.58. The predicted molar refractivity (Wildman–Crippen MR) is 173 cm³/mol. The van der Waals surface area contributed by atoms with Gasteiger partial charge in [-0.05, 0) is 76.6 Å². The molecule has 0 bridgehead atoms. The second-order valence-corrected chi connectivity index (χ2v) is 15.0. The molecule has 2 fully saturated rings. The minimum atomic E-state index is -3.29. The number of piperazine rings is 1. The zero-order valence-corrected chi connectivity index (χ0v) is 27.8. The van der Waals surface area contributed by atoms with E-state index in [1.165, 1.54) is 11.8 Å². The fourth-order valence-electron chi connectivity index (χ4n) is 6.44. The van der Waals surface area contributed by atoms with E-state index in [1.807, 2.05) is 38.7 Å². The lowest BCUT2D eigenvalue weighted by Gasteiger charge is -2.45. The van der Waals surface area contributed by atoms with Gasteiger partial charge < -0.3 is 15.0 Å². The lowest BCUT2D eigenvalue weighted by molar-refractivity contribution is -0.163. The maximum atomic E-state index is 13.6. The number of esters is 1. The summed E-state index contributed by atoms with van der Waals surface area (Å²) in [6.07, 6.45) is 5.29. The second-order valence-electron chi connectivity index (χ2n) is 13.0. The molecule has 44 heavy (non-hydrogen) atoms. The van der Waals surface area contributed by atoms with Gasteiger partial charge in [0, 0.05) is 51.6 Å². The summed E-state index contributed by atoms with van der Waals surface area (Å²) in [5, 5.41) is 3.39. The molecule has 1 N–H and O–H groups in total. The van der Waals surface area contributed by atoms with Crippen LogP contribution in [0.4, 0.5) is 0 Å². The Labute approximate surface area is 263 Å². The van der Waals surface area contributed by atoms with Crippen LogP contribution < -0.4 is 5.32 Å². The molecule has 9 nitrogen and oxygen atoms in total. The molecule has 2 saturated heterocycles. The number of nitrogens with zero attached hydrogens (tertiary/aromatic N) is 3. The summed E-state index contributed by atoms with van der Waals surface area (Å²) >= 11 is 0. The number of carbonyl (C=O) groups excluding carboxylic acids is 2. The van der Waals surface area contributed by atoms with Crippen LogP contribution in [0, 0.1) is 0 Å². The SMILES string of the molecule is CCN(C(=O)Cc1ccc(S(C)(=O)=O)cc1)C1CCCCN1CCC(c1ccccc1)N1CCNCC1C(=O)OC(C)(C)C. The quantitative estimate of drug-likeness (QED) is 0.374. The lowest BCUT2D eigenvalue weighted by atomic mass is 9.97. The number of amides is 1. The van der Waals surface area contributed by atoms with Crippen molar-refractivity contribution in [3.63, 3.8) is 0 Å². The smallest absolute Gasteiger partial charge is 0.325 e. The Balaban J connectivity index is 1.51. The van der Waals surface area contributed by atoms with E-state index in [4.69, 9.17) is 4.74 Å². The number of rotatable bonds is 11. The van der Waals surface area contributed by atoms with Crippen molar-refractivity contribution in [1.29, 1.82) is 0 Å². The Kier molecular flexibility index (Phi) is 11.6. The third kappa shape index (κ3) is 9.12. The summed E-state index contributed by atoms with van der Waals surface area (Å²) in [4.78, 5) is 34.0. The topological polar surface area (TPSA) is 99.3 Å². The van der Waals surface area contributed by atoms with E-state index in [-0.39, 0.29) is 41.4 Å². The van der Waals surface area contributed by atoms with Crippen molar-refractivity contribution in [1.82, 2.24) is 20.0 Å². The number of likely N-dealkylation sites (N-methyl/N-ethyl adjacent to an activating group) is 1. The van der Waals surface area contributed by atoms with E-state index < -0.39 is 15.4 Å². The van der Waals surface area contributed by atoms with Crippen LogP contribution >= 0.6 is 0 Å². The molecular weight excluding hydrogens is 576 g/mol. The summed E-state index contributed by atoms with van der Waals surface area (Å²) in [5.74, 6) is -0.156. The van der Waals surface area contributed by atoms with Crippen molar-refractivity contribution < 1.29 is 22.7 Å². The molecule has 0 spiro atoms. The average Bonchev–Trinajstić information content (AvgIpc) is 2.98. The highest BCUT2D eigenvalue weighted by molar-refractivity contribution is 7.90. The number of sulfone groups is 1. The van der Waals surface area contributed by atoms with Gasteiger partial charge in [0.15, 0.2) is 9.84 Å². The normalized spacial score (nSPS) is 21.0. The summed E-state index contributed by atoms with van der Waals surface area (Å²) in [5.41, 5.74) is 1.42. The van der Waals surface area contributed by atoms with Gasteiger partial charge in [-0.25, -0.2) is 8.42 Å². The van der Waals surface area contributed by atoms with Crippen LogP contribution in [0.15, 0.2) is 59.5 Å². The van der Waals surface area contributed by atoms with Crippen molar-refractivity contribution >= 4 is 21.7 Å². The molecule has 4 rings (SSSR count). The third-order valence-corrected chi connectivity index (χ3v) is 9.67. The van der Waals surface area contributed by atoms with Crippen LogP contribution in [-0.2, 0) is 30.6 Å². The molecule has 1 amide bonds. The highest BCUT2D eigenvalue weighted by Gasteiger charge is 2.38. The zero-order valence-electron chi connectivity index (χ0n) is 27.0. The molecule has 2 aliphatic heterocycles. The summed E-state index contributed by atoms with van der Waals surface area (Å²) in [6, 6.07) is 16.7. The first-order valence-electron chi connectivity index (χ1n) is 15.9. The Morgan fingerprint density at radius 2 is 1.75 bits per heavy atom. The van der Waals surface area contributed by atoms with Gasteiger partial charge in [0.2, 0.25) is 5.91 Å². The molecule has 2 aromatic rings. The van der Waals surface area contributed by atoms with Gasteiger partial charge in [0.25, 0.3) is 0 Å². The van der Waals surface area contributed by atoms with Gasteiger partial charge in [-0.15, -0.1) is 0 Å². The van der Waals surface area contributed by atoms with Gasteiger partial charge in [0.05, 0.1) is 17.5 Å². The molecule has 2 heterocycles. The van der Waals surface area contributed by atoms with Gasteiger partial charge >= 0.3 is 5.97 Å². The molecule has 0 aliphatic carbocycles.